The summed E-state index contributed by atoms with van der Waals surface area (Å²) in [6.07, 6.45) is 10.5. The number of hydrazine groups is 1. The van der Waals surface area contributed by atoms with Gasteiger partial charge in [0.2, 0.25) is 0 Å². The highest BCUT2D eigenvalue weighted by atomic mass is 15.2. The highest BCUT2D eigenvalue weighted by Gasteiger charge is 2.13. The predicted octanol–water partition coefficient (Wildman–Crippen LogP) is 2.25. The number of hydrogen-bond donors (Lipinski definition) is 4. The average Bonchev–Trinajstić information content (AvgIpc) is 2.75. The summed E-state index contributed by atoms with van der Waals surface area (Å²) in [4.78, 5) is 0. The van der Waals surface area contributed by atoms with Crippen molar-refractivity contribution in [2.45, 2.75) is 57.9 Å². The van der Waals surface area contributed by atoms with Gasteiger partial charge in [-0.1, -0.05) is 45.4 Å². The number of nitrogens with two attached hydrogens (primary N) is 2. The molecule has 0 amide bonds. The van der Waals surface area contributed by atoms with E-state index < -0.39 is 0 Å². The Morgan fingerprint density at radius 2 is 2.00 bits per heavy atom. The Morgan fingerprint density at radius 1 is 1.29 bits per heavy atom. The van der Waals surface area contributed by atoms with Gasteiger partial charge < -0.3 is 5.73 Å². The van der Waals surface area contributed by atoms with Crippen molar-refractivity contribution in [3.05, 3.63) is 11.8 Å². The van der Waals surface area contributed by atoms with Crippen molar-refractivity contribution < 1.29 is 0 Å². The first kappa shape index (κ1) is 14.0. The molecule has 1 heterocycles. The second-order valence-electron chi connectivity index (χ2n) is 4.51. The topological polar surface area (TPSA) is 92.7 Å². The molecule has 6 N–H and O–H groups in total. The van der Waals surface area contributed by atoms with Gasteiger partial charge in [-0.2, -0.15) is 5.10 Å². The van der Waals surface area contributed by atoms with E-state index in [0.29, 0.717) is 5.82 Å². The fourth-order valence-corrected chi connectivity index (χ4v) is 2.04. The Morgan fingerprint density at radius 3 is 2.59 bits per heavy atom. The van der Waals surface area contributed by atoms with Gasteiger partial charge in [-0.25, -0.2) is 0 Å². The summed E-state index contributed by atoms with van der Waals surface area (Å²) in [5.41, 5.74) is 9.55. The average molecular weight is 239 g/mol. The maximum Gasteiger partial charge on any atom is 0.123 e. The summed E-state index contributed by atoms with van der Waals surface area (Å²) in [7, 11) is 0. The van der Waals surface area contributed by atoms with Gasteiger partial charge in [0.15, 0.2) is 0 Å². The highest BCUT2D eigenvalue weighted by Crippen LogP contribution is 2.22. The predicted molar refractivity (Wildman–Crippen MR) is 71.1 cm³/mol. The molecule has 1 rings (SSSR count). The Kier molecular flexibility index (Phi) is 6.65. The molecule has 0 radical (unpaired) electrons. The van der Waals surface area contributed by atoms with Crippen LogP contribution in [0, 0.1) is 0 Å². The zero-order chi connectivity index (χ0) is 12.5. The van der Waals surface area contributed by atoms with Crippen LogP contribution in [0.4, 0.5) is 5.82 Å². The lowest BCUT2D eigenvalue weighted by Crippen LogP contribution is -2.28. The smallest absolute Gasteiger partial charge is 0.123 e. The number of aromatic nitrogens is 2. The standard InChI is InChI=1S/C12H25N5/c1-2-3-4-5-6-7-8-11(16-14)10-9-15-17-12(10)13/h9,11,16H,2-8,14H2,1H3,(H3,13,15,17). The minimum absolute atomic E-state index is 0.111. The Balaban J connectivity index is 2.22. The second-order valence-corrected chi connectivity index (χ2v) is 4.51. The minimum Gasteiger partial charge on any atom is -0.384 e. The third-order valence-corrected chi connectivity index (χ3v) is 3.12. The van der Waals surface area contributed by atoms with Crippen LogP contribution in [0.5, 0.6) is 0 Å². The van der Waals surface area contributed by atoms with Crippen LogP contribution in [-0.4, -0.2) is 10.2 Å². The molecule has 1 aromatic rings. The van der Waals surface area contributed by atoms with Crippen molar-refractivity contribution in [2.75, 3.05) is 5.73 Å². The third kappa shape index (κ3) is 4.75. The number of rotatable bonds is 9. The zero-order valence-corrected chi connectivity index (χ0v) is 10.7. The van der Waals surface area contributed by atoms with Crippen LogP contribution < -0.4 is 17.0 Å². The Hall–Kier alpha value is -1.07. The number of nitrogens with zero attached hydrogens (tertiary/aromatic N) is 1. The van der Waals surface area contributed by atoms with E-state index in [0.717, 1.165) is 12.0 Å². The fraction of sp³-hybridized carbons (Fsp3) is 0.750. The van der Waals surface area contributed by atoms with Crippen molar-refractivity contribution in [1.82, 2.24) is 15.6 Å². The van der Waals surface area contributed by atoms with Crippen molar-refractivity contribution in [3.63, 3.8) is 0 Å². The number of H-pyrrole nitrogens is 1. The maximum absolute atomic E-state index is 5.77. The number of nitrogen functional groups attached to an aromatic ring is 1. The third-order valence-electron chi connectivity index (χ3n) is 3.12. The number of hydrogen-bond acceptors (Lipinski definition) is 4. The lowest BCUT2D eigenvalue weighted by Gasteiger charge is -2.14. The normalized spacial score (nSPS) is 12.8. The van der Waals surface area contributed by atoms with E-state index in [-0.39, 0.29) is 6.04 Å². The summed E-state index contributed by atoms with van der Waals surface area (Å²) >= 11 is 0. The van der Waals surface area contributed by atoms with Gasteiger partial charge in [0, 0.05) is 5.56 Å². The SMILES string of the molecule is CCCCCCCCC(NN)c1cn[nH]c1N. The van der Waals surface area contributed by atoms with E-state index in [4.69, 9.17) is 11.6 Å². The monoisotopic (exact) mass is 239 g/mol. The van der Waals surface area contributed by atoms with Crippen LogP contribution in [-0.2, 0) is 0 Å². The zero-order valence-electron chi connectivity index (χ0n) is 10.7. The molecule has 0 aliphatic heterocycles. The van der Waals surface area contributed by atoms with Crippen LogP contribution in [0.25, 0.3) is 0 Å². The van der Waals surface area contributed by atoms with Gasteiger partial charge in [0.05, 0.1) is 12.2 Å². The minimum atomic E-state index is 0.111. The molecular formula is C12H25N5. The summed E-state index contributed by atoms with van der Waals surface area (Å²) in [6, 6.07) is 0.111. The van der Waals surface area contributed by atoms with E-state index in [2.05, 4.69) is 22.5 Å². The first-order valence-electron chi connectivity index (χ1n) is 6.54. The van der Waals surface area contributed by atoms with Crippen molar-refractivity contribution in [2.24, 2.45) is 5.84 Å². The van der Waals surface area contributed by atoms with Crippen molar-refractivity contribution in [1.29, 1.82) is 0 Å². The molecule has 0 aromatic carbocycles. The number of nitrogens with one attached hydrogen (secondary N) is 2. The van der Waals surface area contributed by atoms with Crippen LogP contribution in [0.2, 0.25) is 0 Å². The van der Waals surface area contributed by atoms with Crippen LogP contribution in [0.1, 0.15) is 63.5 Å². The van der Waals surface area contributed by atoms with Gasteiger partial charge in [-0.05, 0) is 6.42 Å². The molecule has 0 bridgehead atoms. The van der Waals surface area contributed by atoms with Gasteiger partial charge in [0.25, 0.3) is 0 Å². The Labute approximate surface area is 103 Å². The van der Waals surface area contributed by atoms with E-state index in [9.17, 15) is 0 Å². The van der Waals surface area contributed by atoms with Crippen molar-refractivity contribution in [3.8, 4) is 0 Å². The number of aromatic amines is 1. The van der Waals surface area contributed by atoms with E-state index in [1.165, 1.54) is 38.5 Å². The maximum atomic E-state index is 5.77. The van der Waals surface area contributed by atoms with E-state index in [1.54, 1.807) is 6.20 Å². The molecule has 5 nitrogen and oxygen atoms in total. The quantitative estimate of drug-likeness (QED) is 0.302. The molecule has 0 saturated heterocycles. The molecule has 0 fully saturated rings. The van der Waals surface area contributed by atoms with Gasteiger partial charge in [0.1, 0.15) is 5.82 Å². The first-order chi connectivity index (χ1) is 8.29. The number of unbranched alkanes of at least 4 members (excludes halogenated alkanes) is 5. The molecule has 5 heteroatoms. The molecule has 98 valence electrons. The van der Waals surface area contributed by atoms with Crippen LogP contribution in [0.3, 0.4) is 0 Å². The summed E-state index contributed by atoms with van der Waals surface area (Å²) in [5, 5.41) is 6.65. The van der Waals surface area contributed by atoms with Crippen molar-refractivity contribution >= 4 is 5.82 Å². The fourth-order valence-electron chi connectivity index (χ4n) is 2.04. The van der Waals surface area contributed by atoms with E-state index >= 15 is 0 Å². The molecule has 0 spiro atoms. The summed E-state index contributed by atoms with van der Waals surface area (Å²) in [6.45, 7) is 2.23. The second kappa shape index (κ2) is 8.08. The molecule has 1 aromatic heterocycles. The molecule has 1 unspecified atom stereocenters. The first-order valence-corrected chi connectivity index (χ1v) is 6.54. The van der Waals surface area contributed by atoms with Gasteiger partial charge >= 0.3 is 0 Å². The lowest BCUT2D eigenvalue weighted by atomic mass is 10.0. The largest absolute Gasteiger partial charge is 0.384 e. The summed E-state index contributed by atoms with van der Waals surface area (Å²) in [5.74, 6) is 6.16. The number of anilines is 1. The molecule has 17 heavy (non-hydrogen) atoms. The summed E-state index contributed by atoms with van der Waals surface area (Å²) < 4.78 is 0. The molecule has 0 aliphatic carbocycles. The lowest BCUT2D eigenvalue weighted by molar-refractivity contribution is 0.478. The highest BCUT2D eigenvalue weighted by molar-refractivity contribution is 5.39. The molecule has 0 aliphatic rings. The van der Waals surface area contributed by atoms with Gasteiger partial charge in [-0.15, -0.1) is 0 Å². The molecular weight excluding hydrogens is 214 g/mol. The van der Waals surface area contributed by atoms with Crippen LogP contribution >= 0.6 is 0 Å². The molecule has 0 saturated carbocycles. The van der Waals surface area contributed by atoms with Gasteiger partial charge in [-0.3, -0.25) is 16.4 Å². The molecule has 1 atom stereocenters. The van der Waals surface area contributed by atoms with Crippen LogP contribution in [0.15, 0.2) is 6.20 Å². The Bertz CT molecular complexity index is 297. The van der Waals surface area contributed by atoms with E-state index in [1.807, 2.05) is 0 Å².